The van der Waals surface area contributed by atoms with Gasteiger partial charge in [0, 0.05) is 19.1 Å². The molecule has 1 fully saturated rings. The van der Waals surface area contributed by atoms with Crippen molar-refractivity contribution in [3.8, 4) is 0 Å². The number of rotatable bonds is 5. The van der Waals surface area contributed by atoms with Crippen LogP contribution in [0.2, 0.25) is 0 Å². The molecule has 0 amide bonds. The van der Waals surface area contributed by atoms with Gasteiger partial charge in [-0.2, -0.15) is 0 Å². The van der Waals surface area contributed by atoms with Crippen molar-refractivity contribution in [2.45, 2.75) is 107 Å². The van der Waals surface area contributed by atoms with Gasteiger partial charge in [0.05, 0.1) is 0 Å². The van der Waals surface area contributed by atoms with Gasteiger partial charge in [0.15, 0.2) is 0 Å². The van der Waals surface area contributed by atoms with Crippen LogP contribution < -0.4 is 0 Å². The molecular formula is C20H47N. The summed E-state index contributed by atoms with van der Waals surface area (Å²) in [5.74, 6) is 1.81. The highest BCUT2D eigenvalue weighted by molar-refractivity contribution is 4.80. The topological polar surface area (TPSA) is 3.24 Å². The van der Waals surface area contributed by atoms with Crippen LogP contribution in [-0.2, 0) is 0 Å². The van der Waals surface area contributed by atoms with Crippen molar-refractivity contribution in [2.24, 2.45) is 11.8 Å². The van der Waals surface area contributed by atoms with Crippen molar-refractivity contribution in [2.75, 3.05) is 13.1 Å². The van der Waals surface area contributed by atoms with Crippen molar-refractivity contribution in [3.05, 3.63) is 0 Å². The number of unbranched alkanes of at least 4 members (excludes halogenated alkanes) is 4. The smallest absolute Gasteiger partial charge is 0.00388 e. The fraction of sp³-hybridized carbons (Fsp3) is 1.00. The highest BCUT2D eigenvalue weighted by Crippen LogP contribution is 2.23. The number of hydrogen-bond donors (Lipinski definition) is 0. The Hall–Kier alpha value is -0.0400. The van der Waals surface area contributed by atoms with Gasteiger partial charge in [0.1, 0.15) is 0 Å². The van der Waals surface area contributed by atoms with Crippen LogP contribution in [0.5, 0.6) is 0 Å². The van der Waals surface area contributed by atoms with Gasteiger partial charge in [-0.25, -0.2) is 0 Å². The van der Waals surface area contributed by atoms with Gasteiger partial charge in [-0.1, -0.05) is 87.5 Å². The zero-order chi connectivity index (χ0) is 16.0. The summed E-state index contributed by atoms with van der Waals surface area (Å²) in [6.45, 7) is 20.7. The molecule has 0 saturated carbocycles. The van der Waals surface area contributed by atoms with E-state index in [1.165, 1.54) is 51.6 Å². The van der Waals surface area contributed by atoms with E-state index in [9.17, 15) is 0 Å². The molecule has 0 aromatic rings. The van der Waals surface area contributed by atoms with Crippen molar-refractivity contribution < 1.29 is 0 Å². The molecule has 0 spiro atoms. The lowest BCUT2D eigenvalue weighted by molar-refractivity contribution is 0.264. The summed E-state index contributed by atoms with van der Waals surface area (Å²) in [7, 11) is 0. The molecule has 132 valence electrons. The predicted octanol–water partition coefficient (Wildman–Crippen LogP) is 7.01. The first-order valence-electron chi connectivity index (χ1n) is 9.18. The Bertz CT molecular complexity index is 157. The molecule has 0 bridgehead atoms. The third-order valence-electron chi connectivity index (χ3n) is 4.16. The highest BCUT2D eigenvalue weighted by Gasteiger charge is 2.26. The standard InChI is InChI=1S/C9H19N.2C5H12.CH4/c1-7(2)10-5-8(3)9(4)6-10;2*1-3-5-4-2;/h7-9H,5-6H2,1-4H3;2*3-5H2,1-2H3;1H4. The van der Waals surface area contributed by atoms with Crippen LogP contribution in [0.4, 0.5) is 0 Å². The third kappa shape index (κ3) is 16.2. The lowest BCUT2D eigenvalue weighted by Crippen LogP contribution is -2.28. The van der Waals surface area contributed by atoms with Crippen molar-refractivity contribution >= 4 is 0 Å². The molecule has 1 heterocycles. The van der Waals surface area contributed by atoms with E-state index in [1.54, 1.807) is 0 Å². The van der Waals surface area contributed by atoms with Gasteiger partial charge in [-0.05, 0) is 25.7 Å². The SMILES string of the molecule is C.CC1CN(C(C)C)CC1C.CCCCC.CCCCC. The minimum atomic E-state index is 0. The molecule has 1 aliphatic rings. The molecule has 21 heavy (non-hydrogen) atoms. The van der Waals surface area contributed by atoms with Crippen LogP contribution in [0.1, 0.15) is 101 Å². The van der Waals surface area contributed by atoms with E-state index in [0.717, 1.165) is 17.9 Å². The molecule has 1 saturated heterocycles. The summed E-state index contributed by atoms with van der Waals surface area (Å²) in [5.41, 5.74) is 0. The van der Waals surface area contributed by atoms with Crippen molar-refractivity contribution in [1.82, 2.24) is 4.90 Å². The minimum absolute atomic E-state index is 0. The van der Waals surface area contributed by atoms with Gasteiger partial charge < -0.3 is 4.90 Å². The first-order chi connectivity index (χ1) is 9.44. The van der Waals surface area contributed by atoms with Gasteiger partial charge in [0.2, 0.25) is 0 Å². The van der Waals surface area contributed by atoms with Crippen LogP contribution >= 0.6 is 0 Å². The number of nitrogens with zero attached hydrogens (tertiary/aromatic N) is 1. The Morgan fingerprint density at radius 3 is 1.14 bits per heavy atom. The largest absolute Gasteiger partial charge is 0.300 e. The second-order valence-corrected chi connectivity index (χ2v) is 6.71. The van der Waals surface area contributed by atoms with E-state index in [2.05, 4.69) is 60.3 Å². The molecule has 0 aromatic carbocycles. The van der Waals surface area contributed by atoms with Crippen LogP contribution in [0.15, 0.2) is 0 Å². The first kappa shape index (κ1) is 25.9. The Balaban J connectivity index is -0.000000254. The maximum Gasteiger partial charge on any atom is 0.00388 e. The van der Waals surface area contributed by atoms with Crippen LogP contribution in [-0.4, -0.2) is 24.0 Å². The minimum Gasteiger partial charge on any atom is -0.300 e. The molecule has 1 aliphatic heterocycles. The molecule has 0 aromatic heterocycles. The van der Waals surface area contributed by atoms with Gasteiger partial charge in [-0.3, -0.25) is 0 Å². The van der Waals surface area contributed by atoms with Crippen molar-refractivity contribution in [3.63, 3.8) is 0 Å². The Morgan fingerprint density at radius 2 is 1.05 bits per heavy atom. The molecule has 0 aliphatic carbocycles. The fourth-order valence-corrected chi connectivity index (χ4v) is 2.30. The molecule has 1 heteroatoms. The van der Waals surface area contributed by atoms with E-state index in [1.807, 2.05) is 0 Å². The number of hydrogen-bond acceptors (Lipinski definition) is 1. The second-order valence-electron chi connectivity index (χ2n) is 6.71. The molecule has 0 radical (unpaired) electrons. The summed E-state index contributed by atoms with van der Waals surface area (Å²) in [4.78, 5) is 2.56. The molecule has 0 N–H and O–H groups in total. The van der Waals surface area contributed by atoms with Gasteiger partial charge >= 0.3 is 0 Å². The third-order valence-corrected chi connectivity index (χ3v) is 4.16. The molecule has 2 unspecified atom stereocenters. The lowest BCUT2D eigenvalue weighted by atomic mass is 10.0. The lowest BCUT2D eigenvalue weighted by Gasteiger charge is -2.19. The van der Waals surface area contributed by atoms with E-state index in [0.29, 0.717) is 0 Å². The van der Waals surface area contributed by atoms with Crippen molar-refractivity contribution in [1.29, 1.82) is 0 Å². The summed E-state index contributed by atoms with van der Waals surface area (Å²) < 4.78 is 0. The molecular weight excluding hydrogens is 254 g/mol. The molecule has 1 nitrogen and oxygen atoms in total. The Kier molecular flexibility index (Phi) is 22.2. The zero-order valence-corrected chi connectivity index (χ0v) is 15.8. The second kappa shape index (κ2) is 18.0. The fourth-order valence-electron chi connectivity index (χ4n) is 2.30. The monoisotopic (exact) mass is 301 g/mol. The maximum absolute atomic E-state index is 2.56. The van der Waals surface area contributed by atoms with E-state index in [-0.39, 0.29) is 7.43 Å². The number of likely N-dealkylation sites (tertiary alicyclic amines) is 1. The Morgan fingerprint density at radius 1 is 0.762 bits per heavy atom. The summed E-state index contributed by atoms with van der Waals surface area (Å²) in [6.07, 6.45) is 8.15. The van der Waals surface area contributed by atoms with E-state index < -0.39 is 0 Å². The highest BCUT2D eigenvalue weighted by atomic mass is 15.2. The molecule has 1 rings (SSSR count). The Labute approximate surface area is 137 Å². The summed E-state index contributed by atoms with van der Waals surface area (Å²) in [5, 5.41) is 0. The maximum atomic E-state index is 2.56. The first-order valence-corrected chi connectivity index (χ1v) is 9.18. The van der Waals surface area contributed by atoms with E-state index >= 15 is 0 Å². The van der Waals surface area contributed by atoms with Gasteiger partial charge in [0.25, 0.3) is 0 Å². The normalized spacial score (nSPS) is 21.0. The van der Waals surface area contributed by atoms with E-state index in [4.69, 9.17) is 0 Å². The van der Waals surface area contributed by atoms with Gasteiger partial charge in [-0.15, -0.1) is 0 Å². The predicted molar refractivity (Wildman–Crippen MR) is 102 cm³/mol. The average Bonchev–Trinajstić information content (AvgIpc) is 2.73. The van der Waals surface area contributed by atoms with Crippen LogP contribution in [0.25, 0.3) is 0 Å². The average molecular weight is 302 g/mol. The quantitative estimate of drug-likeness (QED) is 0.527. The molecule has 2 atom stereocenters. The summed E-state index contributed by atoms with van der Waals surface area (Å²) in [6, 6.07) is 0.743. The van der Waals surface area contributed by atoms with Crippen LogP contribution in [0.3, 0.4) is 0 Å². The zero-order valence-electron chi connectivity index (χ0n) is 15.8. The van der Waals surface area contributed by atoms with Crippen LogP contribution in [0, 0.1) is 11.8 Å². The summed E-state index contributed by atoms with van der Waals surface area (Å²) >= 11 is 0.